The molecular formula is C16H15N3O5S2. The lowest BCUT2D eigenvalue weighted by Crippen LogP contribution is -2.11. The molecule has 0 spiro atoms. The number of ether oxygens (including phenoxy) is 2. The van der Waals surface area contributed by atoms with Crippen LogP contribution in [0.25, 0.3) is 10.6 Å². The Bertz CT molecular complexity index is 1070. The van der Waals surface area contributed by atoms with Gasteiger partial charge in [-0.25, -0.2) is 13.5 Å². The summed E-state index contributed by atoms with van der Waals surface area (Å²) in [7, 11) is -0.810. The maximum Gasteiger partial charge on any atom is 0.271 e. The smallest absolute Gasteiger partial charge is 0.271 e. The molecule has 2 N–H and O–H groups in total. The topological polar surface area (TPSA) is 110 Å². The van der Waals surface area contributed by atoms with Crippen molar-refractivity contribution in [3.05, 3.63) is 52.8 Å². The quantitative estimate of drug-likeness (QED) is 0.665. The summed E-state index contributed by atoms with van der Waals surface area (Å²) in [4.78, 5) is 11.7. The number of sulfonamides is 1. The fourth-order valence-corrected chi connectivity index (χ4v) is 4.51. The maximum absolute atomic E-state index is 12.6. The maximum atomic E-state index is 12.6. The van der Waals surface area contributed by atoms with E-state index in [1.54, 1.807) is 18.2 Å². The molecule has 0 saturated heterocycles. The van der Waals surface area contributed by atoms with Crippen LogP contribution in [0.3, 0.4) is 0 Å². The van der Waals surface area contributed by atoms with Gasteiger partial charge < -0.3 is 9.47 Å². The van der Waals surface area contributed by atoms with Crippen molar-refractivity contribution < 1.29 is 17.9 Å². The van der Waals surface area contributed by atoms with Gasteiger partial charge in [0.15, 0.2) is 11.5 Å². The van der Waals surface area contributed by atoms with Crippen LogP contribution in [-0.2, 0) is 10.0 Å². The van der Waals surface area contributed by atoms with Crippen molar-refractivity contribution in [2.75, 3.05) is 18.9 Å². The number of aromatic amines is 1. The van der Waals surface area contributed by atoms with Crippen molar-refractivity contribution in [3.63, 3.8) is 0 Å². The third kappa shape index (κ3) is 3.70. The fourth-order valence-electron chi connectivity index (χ4n) is 2.19. The van der Waals surface area contributed by atoms with Gasteiger partial charge in [0.2, 0.25) is 0 Å². The van der Waals surface area contributed by atoms with E-state index in [1.165, 1.54) is 38.5 Å². The highest BCUT2D eigenvalue weighted by Crippen LogP contribution is 2.33. The number of hydrogen-bond acceptors (Lipinski definition) is 7. The minimum atomic E-state index is -3.78. The molecule has 3 aromatic rings. The van der Waals surface area contributed by atoms with E-state index in [1.807, 2.05) is 0 Å². The van der Waals surface area contributed by atoms with Crippen molar-refractivity contribution in [2.24, 2.45) is 0 Å². The first kappa shape index (κ1) is 18.0. The Morgan fingerprint density at radius 1 is 1.04 bits per heavy atom. The van der Waals surface area contributed by atoms with Gasteiger partial charge in [0, 0.05) is 12.1 Å². The molecule has 0 unspecified atom stereocenters. The SMILES string of the molecule is COc1ccc(NS(=O)(=O)c2ccc(-c3ccc(=O)[nH]n3)s2)cc1OC. The van der Waals surface area contributed by atoms with Crippen molar-refractivity contribution in [1.82, 2.24) is 10.2 Å². The Balaban J connectivity index is 1.87. The van der Waals surface area contributed by atoms with Crippen molar-refractivity contribution in [1.29, 1.82) is 0 Å². The van der Waals surface area contributed by atoms with E-state index >= 15 is 0 Å². The normalized spacial score (nSPS) is 11.2. The summed E-state index contributed by atoms with van der Waals surface area (Å²) < 4.78 is 38.1. The molecule has 2 aromatic heterocycles. The molecule has 0 radical (unpaired) electrons. The monoisotopic (exact) mass is 393 g/mol. The van der Waals surface area contributed by atoms with Gasteiger partial charge in [-0.2, -0.15) is 5.10 Å². The summed E-state index contributed by atoms with van der Waals surface area (Å²) in [6.45, 7) is 0. The number of nitrogens with zero attached hydrogens (tertiary/aromatic N) is 1. The standard InChI is InChI=1S/C16H15N3O5S2/c1-23-12-5-3-10(9-13(12)24-2)19-26(21,22)16-8-6-14(25-16)11-4-7-15(20)18-17-11/h3-9,19H,1-2H3,(H,18,20). The molecule has 0 fully saturated rings. The predicted molar refractivity (Wildman–Crippen MR) is 98.5 cm³/mol. The number of thiophene rings is 1. The molecule has 2 heterocycles. The largest absolute Gasteiger partial charge is 0.493 e. The van der Waals surface area contributed by atoms with Crippen molar-refractivity contribution in [2.45, 2.75) is 4.21 Å². The molecule has 136 valence electrons. The molecule has 0 atom stereocenters. The molecule has 8 nitrogen and oxygen atoms in total. The Labute approximate surface area is 153 Å². The first-order valence-electron chi connectivity index (χ1n) is 7.34. The van der Waals surface area contributed by atoms with Crippen LogP contribution in [0.5, 0.6) is 11.5 Å². The Morgan fingerprint density at radius 3 is 2.46 bits per heavy atom. The zero-order chi connectivity index (χ0) is 18.7. The number of rotatable bonds is 6. The second kappa shape index (κ2) is 7.18. The van der Waals surface area contributed by atoms with Gasteiger partial charge in [-0.3, -0.25) is 9.52 Å². The number of anilines is 1. The highest BCUT2D eigenvalue weighted by molar-refractivity contribution is 7.94. The fraction of sp³-hybridized carbons (Fsp3) is 0.125. The van der Waals surface area contributed by atoms with Crippen LogP contribution in [-0.4, -0.2) is 32.8 Å². The van der Waals surface area contributed by atoms with Crippen LogP contribution in [0.4, 0.5) is 5.69 Å². The zero-order valence-corrected chi connectivity index (χ0v) is 15.5. The van der Waals surface area contributed by atoms with Gasteiger partial charge in [-0.05, 0) is 30.3 Å². The molecule has 0 amide bonds. The molecule has 0 aliphatic rings. The highest BCUT2D eigenvalue weighted by atomic mass is 32.2. The molecule has 10 heteroatoms. The summed E-state index contributed by atoms with van der Waals surface area (Å²) in [5.41, 5.74) is 0.509. The van der Waals surface area contributed by atoms with Crippen LogP contribution < -0.4 is 19.8 Å². The molecule has 0 saturated carbocycles. The Kier molecular flexibility index (Phi) is 4.96. The second-order valence-corrected chi connectivity index (χ2v) is 8.09. The summed E-state index contributed by atoms with van der Waals surface area (Å²) in [5, 5.41) is 6.22. The first-order chi connectivity index (χ1) is 12.4. The number of H-pyrrole nitrogens is 1. The summed E-state index contributed by atoms with van der Waals surface area (Å²) in [6.07, 6.45) is 0. The summed E-state index contributed by atoms with van der Waals surface area (Å²) in [5.74, 6) is 0.912. The lowest BCUT2D eigenvalue weighted by atomic mass is 10.3. The van der Waals surface area contributed by atoms with Crippen LogP contribution in [0.15, 0.2) is 51.5 Å². The van der Waals surface area contributed by atoms with E-state index in [9.17, 15) is 13.2 Å². The number of hydrogen-bond donors (Lipinski definition) is 2. The van der Waals surface area contributed by atoms with Crippen LogP contribution in [0, 0.1) is 0 Å². The van der Waals surface area contributed by atoms with Gasteiger partial charge in [0.05, 0.1) is 24.8 Å². The average Bonchev–Trinajstić information content (AvgIpc) is 3.13. The van der Waals surface area contributed by atoms with Gasteiger partial charge in [0.25, 0.3) is 15.6 Å². The van der Waals surface area contributed by atoms with Gasteiger partial charge in [-0.1, -0.05) is 0 Å². The number of methoxy groups -OCH3 is 2. The van der Waals surface area contributed by atoms with Gasteiger partial charge in [0.1, 0.15) is 9.90 Å². The Morgan fingerprint density at radius 2 is 1.81 bits per heavy atom. The summed E-state index contributed by atoms with van der Waals surface area (Å²) >= 11 is 1.04. The van der Waals surface area contributed by atoms with Crippen molar-refractivity contribution >= 4 is 27.0 Å². The highest BCUT2D eigenvalue weighted by Gasteiger charge is 2.19. The van der Waals surface area contributed by atoms with E-state index in [0.717, 1.165) is 11.3 Å². The van der Waals surface area contributed by atoms with E-state index in [4.69, 9.17) is 9.47 Å². The predicted octanol–water partition coefficient (Wildman–Crippen LogP) is 2.32. The molecule has 0 bridgehead atoms. The number of benzene rings is 1. The van der Waals surface area contributed by atoms with E-state index < -0.39 is 10.0 Å². The molecule has 0 aliphatic carbocycles. The van der Waals surface area contributed by atoms with Gasteiger partial charge >= 0.3 is 0 Å². The van der Waals surface area contributed by atoms with Crippen LogP contribution in [0.1, 0.15) is 0 Å². The molecule has 3 rings (SSSR count). The lowest BCUT2D eigenvalue weighted by molar-refractivity contribution is 0.355. The zero-order valence-electron chi connectivity index (χ0n) is 13.8. The molecule has 26 heavy (non-hydrogen) atoms. The Hall–Kier alpha value is -2.85. The van der Waals surface area contributed by atoms with Crippen molar-refractivity contribution in [3.8, 4) is 22.1 Å². The average molecular weight is 393 g/mol. The minimum absolute atomic E-state index is 0.121. The molecule has 0 aliphatic heterocycles. The second-order valence-electron chi connectivity index (χ2n) is 5.10. The van der Waals surface area contributed by atoms with E-state index in [-0.39, 0.29) is 9.77 Å². The third-order valence-corrected chi connectivity index (χ3v) is 6.39. The molecule has 1 aromatic carbocycles. The lowest BCUT2D eigenvalue weighted by Gasteiger charge is -2.11. The molecular weight excluding hydrogens is 378 g/mol. The summed E-state index contributed by atoms with van der Waals surface area (Å²) in [6, 6.07) is 10.7. The number of nitrogens with one attached hydrogen (secondary N) is 2. The van der Waals surface area contributed by atoms with Gasteiger partial charge in [-0.15, -0.1) is 11.3 Å². The number of aromatic nitrogens is 2. The first-order valence-corrected chi connectivity index (χ1v) is 9.63. The van der Waals surface area contributed by atoms with E-state index in [0.29, 0.717) is 27.8 Å². The van der Waals surface area contributed by atoms with Crippen LogP contribution >= 0.6 is 11.3 Å². The third-order valence-electron chi connectivity index (χ3n) is 3.41. The van der Waals surface area contributed by atoms with Crippen LogP contribution in [0.2, 0.25) is 0 Å². The minimum Gasteiger partial charge on any atom is -0.493 e. The van der Waals surface area contributed by atoms with E-state index in [2.05, 4.69) is 14.9 Å².